The number of aryl methyl sites for hydroxylation is 1. The van der Waals surface area contributed by atoms with Crippen molar-refractivity contribution in [2.24, 2.45) is 0 Å². The van der Waals surface area contributed by atoms with Crippen LogP contribution >= 0.6 is 15.9 Å². The highest BCUT2D eigenvalue weighted by Crippen LogP contribution is 2.44. The predicted molar refractivity (Wildman–Crippen MR) is 135 cm³/mol. The zero-order chi connectivity index (χ0) is 24.1. The van der Waals surface area contributed by atoms with E-state index in [0.29, 0.717) is 25.1 Å². The van der Waals surface area contributed by atoms with Crippen LogP contribution in [0.3, 0.4) is 0 Å². The number of fused-ring (bicyclic) bond motifs is 1. The number of methoxy groups -OCH3 is 1. The van der Waals surface area contributed by atoms with Crippen LogP contribution in [0.4, 0.5) is 10.5 Å². The first kappa shape index (κ1) is 21.8. The number of imidazole rings is 1. The molecule has 8 nitrogen and oxygen atoms in total. The van der Waals surface area contributed by atoms with Gasteiger partial charge in [0.1, 0.15) is 11.9 Å². The lowest BCUT2D eigenvalue weighted by Crippen LogP contribution is -2.48. The van der Waals surface area contributed by atoms with Gasteiger partial charge >= 0.3 is 6.09 Å². The summed E-state index contributed by atoms with van der Waals surface area (Å²) in [6.07, 6.45) is 4.84. The van der Waals surface area contributed by atoms with E-state index in [2.05, 4.69) is 54.4 Å². The quantitative estimate of drug-likeness (QED) is 0.399. The Labute approximate surface area is 209 Å². The van der Waals surface area contributed by atoms with Gasteiger partial charge in [-0.1, -0.05) is 40.2 Å². The van der Waals surface area contributed by atoms with Crippen LogP contribution in [-0.4, -0.2) is 40.1 Å². The highest BCUT2D eigenvalue weighted by atomic mass is 79.9. The van der Waals surface area contributed by atoms with Crippen LogP contribution in [0.5, 0.6) is 0 Å². The van der Waals surface area contributed by atoms with Crippen molar-refractivity contribution in [1.29, 1.82) is 0 Å². The number of amides is 2. The summed E-state index contributed by atoms with van der Waals surface area (Å²) in [6.45, 7) is 0. The molecule has 2 aromatic heterocycles. The first-order chi connectivity index (χ1) is 17.0. The number of aromatic amines is 1. The van der Waals surface area contributed by atoms with Crippen molar-refractivity contribution in [2.75, 3.05) is 12.0 Å². The van der Waals surface area contributed by atoms with Crippen LogP contribution in [0.2, 0.25) is 0 Å². The molecule has 0 spiro atoms. The Kier molecular flexibility index (Phi) is 5.29. The van der Waals surface area contributed by atoms with E-state index in [1.54, 1.807) is 11.1 Å². The zero-order valence-corrected chi connectivity index (χ0v) is 20.5. The number of carbonyl (C=O) groups is 2. The van der Waals surface area contributed by atoms with Gasteiger partial charge in [-0.15, -0.1) is 0 Å². The number of aromatic nitrogens is 3. The van der Waals surface area contributed by atoms with Crippen LogP contribution in [-0.2, 0) is 22.4 Å². The van der Waals surface area contributed by atoms with Gasteiger partial charge in [0.05, 0.1) is 36.2 Å². The Bertz CT molecular complexity index is 1480. The molecule has 9 heteroatoms. The van der Waals surface area contributed by atoms with Gasteiger partial charge in [-0.2, -0.15) is 0 Å². The number of para-hydroxylation sites is 1. The van der Waals surface area contributed by atoms with Gasteiger partial charge in [-0.25, -0.2) is 9.78 Å². The number of ether oxygens (including phenoxy) is 1. The van der Waals surface area contributed by atoms with E-state index in [1.807, 2.05) is 30.5 Å². The molecule has 176 valence electrons. The number of rotatable bonds is 3. The molecule has 0 saturated heterocycles. The van der Waals surface area contributed by atoms with Gasteiger partial charge in [0.15, 0.2) is 0 Å². The number of hydrogen-bond donors (Lipinski definition) is 2. The fraction of sp³-hybridized carbons (Fsp3) is 0.231. The Morgan fingerprint density at radius 2 is 2.03 bits per heavy atom. The molecule has 2 N–H and O–H groups in total. The number of H-pyrrole nitrogens is 1. The number of anilines is 1. The molecule has 0 bridgehead atoms. The first-order valence-corrected chi connectivity index (χ1v) is 12.2. The number of carbonyl (C=O) groups excluding carboxylic acids is 2. The van der Waals surface area contributed by atoms with Gasteiger partial charge in [-0.05, 0) is 42.2 Å². The molecular weight excluding hydrogens is 510 g/mol. The molecule has 0 aliphatic carbocycles. The maximum Gasteiger partial charge on any atom is 0.407 e. The summed E-state index contributed by atoms with van der Waals surface area (Å²) in [6, 6.07) is 13.2. The summed E-state index contributed by atoms with van der Waals surface area (Å²) in [5, 5.41) is 3.74. The summed E-state index contributed by atoms with van der Waals surface area (Å²) >= 11 is 3.48. The Morgan fingerprint density at radius 3 is 2.89 bits per heavy atom. The largest absolute Gasteiger partial charge is 0.453 e. The molecule has 35 heavy (non-hydrogen) atoms. The van der Waals surface area contributed by atoms with Crippen LogP contribution < -0.4 is 10.2 Å². The first-order valence-electron chi connectivity index (χ1n) is 11.4. The maximum atomic E-state index is 13.7. The molecule has 0 unspecified atom stereocenters. The van der Waals surface area contributed by atoms with Gasteiger partial charge in [-0.3, -0.25) is 14.7 Å². The van der Waals surface area contributed by atoms with Crippen LogP contribution in [0.1, 0.15) is 29.4 Å². The highest BCUT2D eigenvalue weighted by Gasteiger charge is 2.42. The van der Waals surface area contributed by atoms with Crippen LogP contribution in [0.15, 0.2) is 59.3 Å². The standard InChI is InChI=1S/C26H22BrN5O3/c1-35-26(34)31-19-8-6-14-3-2-4-16-10-22(32(23(14)16)25(19)33)24-29-13-21(30-24)17-9-15-5-7-18(27)11-20(15)28-12-17/h2-5,7,9,11-13,19,22H,6,8,10H2,1H3,(H,29,30)(H,31,34)/t19-,22-/m0/s1. The van der Waals surface area contributed by atoms with Gasteiger partial charge < -0.3 is 15.0 Å². The van der Waals surface area contributed by atoms with E-state index in [4.69, 9.17) is 4.74 Å². The maximum absolute atomic E-state index is 13.7. The van der Waals surface area contributed by atoms with Crippen molar-refractivity contribution in [3.63, 3.8) is 0 Å². The van der Waals surface area contributed by atoms with E-state index in [0.717, 1.165) is 43.4 Å². The molecule has 0 saturated carbocycles. The van der Waals surface area contributed by atoms with Gasteiger partial charge in [0.25, 0.3) is 0 Å². The van der Waals surface area contributed by atoms with E-state index >= 15 is 0 Å². The van der Waals surface area contributed by atoms with Crippen molar-refractivity contribution in [3.05, 3.63) is 76.3 Å². The number of nitrogens with one attached hydrogen (secondary N) is 2. The monoisotopic (exact) mass is 531 g/mol. The summed E-state index contributed by atoms with van der Waals surface area (Å²) < 4.78 is 5.74. The molecule has 2 aliphatic rings. The van der Waals surface area contributed by atoms with Crippen LogP contribution in [0, 0.1) is 0 Å². The number of hydrogen-bond acceptors (Lipinski definition) is 5. The summed E-state index contributed by atoms with van der Waals surface area (Å²) in [7, 11) is 1.30. The van der Waals surface area contributed by atoms with Gasteiger partial charge in [0, 0.05) is 28.0 Å². The molecule has 0 radical (unpaired) electrons. The normalized spacial score (nSPS) is 18.9. The third kappa shape index (κ3) is 3.76. The predicted octanol–water partition coefficient (Wildman–Crippen LogP) is 4.69. The van der Waals surface area contributed by atoms with Gasteiger partial charge in [0.2, 0.25) is 5.91 Å². The molecule has 0 fully saturated rings. The lowest BCUT2D eigenvalue weighted by Gasteiger charge is -2.27. The van der Waals surface area contributed by atoms with Crippen molar-refractivity contribution in [1.82, 2.24) is 20.3 Å². The SMILES string of the molecule is COC(=O)N[C@H]1CCc2cccc3c2N(C1=O)[C@H](c1ncc(-c2cnc4cc(Br)ccc4c2)[nH]1)C3. The smallest absolute Gasteiger partial charge is 0.407 e. The number of nitrogens with zero attached hydrogens (tertiary/aromatic N) is 3. The second-order valence-electron chi connectivity index (χ2n) is 8.82. The van der Waals surface area contributed by atoms with Crippen LogP contribution in [0.25, 0.3) is 22.2 Å². The summed E-state index contributed by atoms with van der Waals surface area (Å²) in [5.74, 6) is 0.546. The molecule has 2 aliphatic heterocycles. The van der Waals surface area contributed by atoms with E-state index in [1.165, 1.54) is 7.11 Å². The molecule has 2 atom stereocenters. The molecule has 2 aromatic carbocycles. The van der Waals surface area contributed by atoms with E-state index < -0.39 is 12.1 Å². The minimum Gasteiger partial charge on any atom is -0.453 e. The van der Waals surface area contributed by atoms with Crippen molar-refractivity contribution in [3.8, 4) is 11.3 Å². The Morgan fingerprint density at radius 1 is 1.17 bits per heavy atom. The summed E-state index contributed by atoms with van der Waals surface area (Å²) in [5.41, 5.74) is 5.80. The average Bonchev–Trinajstić information content (AvgIpc) is 3.48. The Balaban J connectivity index is 1.36. The number of halogens is 1. The topological polar surface area (TPSA) is 100 Å². The fourth-order valence-electron chi connectivity index (χ4n) is 5.08. The number of benzene rings is 2. The minimum absolute atomic E-state index is 0.153. The van der Waals surface area contributed by atoms with E-state index in [9.17, 15) is 9.59 Å². The zero-order valence-electron chi connectivity index (χ0n) is 18.9. The van der Waals surface area contributed by atoms with Crippen molar-refractivity contribution >= 4 is 44.5 Å². The second-order valence-corrected chi connectivity index (χ2v) is 9.74. The molecule has 4 heterocycles. The molecule has 4 aromatic rings. The number of alkyl carbamates (subject to hydrolysis) is 1. The lowest BCUT2D eigenvalue weighted by atomic mass is 10.0. The van der Waals surface area contributed by atoms with Crippen molar-refractivity contribution in [2.45, 2.75) is 31.3 Å². The second kappa shape index (κ2) is 8.49. The van der Waals surface area contributed by atoms with E-state index in [-0.39, 0.29) is 11.9 Å². The molecule has 2 amide bonds. The number of pyridine rings is 1. The lowest BCUT2D eigenvalue weighted by molar-refractivity contribution is -0.121. The highest BCUT2D eigenvalue weighted by molar-refractivity contribution is 9.10. The summed E-state index contributed by atoms with van der Waals surface area (Å²) in [4.78, 5) is 40.1. The third-order valence-electron chi connectivity index (χ3n) is 6.75. The molecule has 6 rings (SSSR count). The Hall–Kier alpha value is -3.72. The minimum atomic E-state index is -0.665. The van der Waals surface area contributed by atoms with Crippen molar-refractivity contribution < 1.29 is 14.3 Å². The molecular formula is C26H22BrN5O3. The average molecular weight is 532 g/mol. The fourth-order valence-corrected chi connectivity index (χ4v) is 5.43. The third-order valence-corrected chi connectivity index (χ3v) is 7.25.